The molecule has 0 saturated carbocycles. The van der Waals surface area contributed by atoms with Crippen molar-refractivity contribution in [2.45, 2.75) is 31.4 Å². The predicted molar refractivity (Wildman–Crippen MR) is 44.3 cm³/mol. The molecule has 0 unspecified atom stereocenters. The van der Waals surface area contributed by atoms with Gasteiger partial charge >= 0.3 is 5.97 Å². The van der Waals surface area contributed by atoms with E-state index < -0.39 is 0 Å². The fourth-order valence-corrected chi connectivity index (χ4v) is 0.939. The first kappa shape index (κ1) is 9.82. The minimum Gasteiger partial charge on any atom is -0.468 e. The number of unbranched alkanes of at least 4 members (excludes halogenated alkanes) is 1. The number of esters is 1. The molecule has 0 bridgehead atoms. The summed E-state index contributed by atoms with van der Waals surface area (Å²) < 4.78 is 4.49. The van der Waals surface area contributed by atoms with Gasteiger partial charge in [0.2, 0.25) is 0 Å². The van der Waals surface area contributed by atoms with E-state index in [0.29, 0.717) is 0 Å². The number of rotatable bonds is 4. The Labute approximate surface area is 67.4 Å². The van der Waals surface area contributed by atoms with E-state index in [0.717, 1.165) is 19.3 Å². The Morgan fingerprint density at radius 2 is 2.30 bits per heavy atom. The van der Waals surface area contributed by atoms with Crippen molar-refractivity contribution >= 4 is 18.6 Å². The van der Waals surface area contributed by atoms with Gasteiger partial charge in [-0.05, 0) is 6.42 Å². The minimum absolute atomic E-state index is 0.225. The highest BCUT2D eigenvalue weighted by Crippen LogP contribution is 2.07. The summed E-state index contributed by atoms with van der Waals surface area (Å²) in [5.74, 6) is -0.225. The molecule has 2 nitrogen and oxygen atoms in total. The van der Waals surface area contributed by atoms with Crippen LogP contribution in [0.2, 0.25) is 0 Å². The maximum Gasteiger partial charge on any atom is 0.318 e. The Hall–Kier alpha value is -0.180. The fourth-order valence-electron chi connectivity index (χ4n) is 0.651. The summed E-state index contributed by atoms with van der Waals surface area (Å²) in [7, 11) is 1.39. The van der Waals surface area contributed by atoms with Crippen LogP contribution < -0.4 is 0 Å². The molecule has 10 heavy (non-hydrogen) atoms. The summed E-state index contributed by atoms with van der Waals surface area (Å²) >= 11 is 4.06. The molecule has 60 valence electrons. The second-order valence-electron chi connectivity index (χ2n) is 2.18. The number of methoxy groups -OCH3 is 1. The number of ether oxygens (including phenoxy) is 1. The van der Waals surface area contributed by atoms with Crippen molar-refractivity contribution in [3.05, 3.63) is 0 Å². The quantitative estimate of drug-likeness (QED) is 0.502. The molecule has 0 amide bonds. The fraction of sp³-hybridized carbons (Fsp3) is 0.857. The van der Waals surface area contributed by atoms with Crippen molar-refractivity contribution in [2.75, 3.05) is 7.11 Å². The maximum absolute atomic E-state index is 10.7. The number of thiol groups is 1. The van der Waals surface area contributed by atoms with Crippen LogP contribution in [0, 0.1) is 0 Å². The van der Waals surface area contributed by atoms with Gasteiger partial charge in [0.25, 0.3) is 0 Å². The van der Waals surface area contributed by atoms with Crippen LogP contribution in [-0.2, 0) is 9.53 Å². The predicted octanol–water partition coefficient (Wildman–Crippen LogP) is 1.65. The molecule has 0 N–H and O–H groups in total. The molecule has 0 rings (SSSR count). The van der Waals surface area contributed by atoms with Gasteiger partial charge in [0.05, 0.1) is 12.4 Å². The summed E-state index contributed by atoms with van der Waals surface area (Å²) in [6.07, 6.45) is 2.93. The topological polar surface area (TPSA) is 26.3 Å². The average Bonchev–Trinajstić information content (AvgIpc) is 1.98. The molecular formula is C7H14O2S. The van der Waals surface area contributed by atoms with Crippen molar-refractivity contribution in [1.82, 2.24) is 0 Å². The molecule has 0 fully saturated rings. The van der Waals surface area contributed by atoms with Crippen molar-refractivity contribution in [3.63, 3.8) is 0 Å². The molecule has 0 spiro atoms. The van der Waals surface area contributed by atoms with Crippen LogP contribution in [0.1, 0.15) is 26.2 Å². The smallest absolute Gasteiger partial charge is 0.318 e. The third-order valence-corrected chi connectivity index (χ3v) is 1.77. The van der Waals surface area contributed by atoms with Crippen molar-refractivity contribution in [2.24, 2.45) is 0 Å². The first-order chi connectivity index (χ1) is 4.72. The number of carbonyl (C=O) groups excluding carboxylic acids is 1. The Morgan fingerprint density at radius 1 is 1.70 bits per heavy atom. The van der Waals surface area contributed by atoms with Gasteiger partial charge in [0.1, 0.15) is 0 Å². The molecule has 0 aliphatic carbocycles. The van der Waals surface area contributed by atoms with Gasteiger partial charge in [-0.1, -0.05) is 19.8 Å². The molecule has 0 heterocycles. The molecule has 0 radical (unpaired) electrons. The van der Waals surface area contributed by atoms with Gasteiger partial charge in [-0.3, -0.25) is 4.79 Å². The van der Waals surface area contributed by atoms with Gasteiger partial charge in [-0.2, -0.15) is 12.6 Å². The van der Waals surface area contributed by atoms with E-state index in [1.807, 2.05) is 0 Å². The van der Waals surface area contributed by atoms with Gasteiger partial charge in [0, 0.05) is 0 Å². The summed E-state index contributed by atoms with van der Waals surface area (Å²) in [6.45, 7) is 2.08. The van der Waals surface area contributed by atoms with Crippen LogP contribution in [0.3, 0.4) is 0 Å². The zero-order valence-electron chi connectivity index (χ0n) is 6.46. The van der Waals surface area contributed by atoms with Crippen LogP contribution in [-0.4, -0.2) is 18.3 Å². The normalized spacial score (nSPS) is 12.7. The zero-order valence-corrected chi connectivity index (χ0v) is 7.36. The Morgan fingerprint density at radius 3 is 2.70 bits per heavy atom. The molecule has 1 atom stereocenters. The lowest BCUT2D eigenvalue weighted by molar-refractivity contribution is -0.140. The first-order valence-electron chi connectivity index (χ1n) is 3.48. The van der Waals surface area contributed by atoms with Gasteiger partial charge < -0.3 is 4.74 Å². The standard InChI is InChI=1S/C7H14O2S/c1-3-4-5-6(10)7(8)9-2/h6,10H,3-5H2,1-2H3/t6-/m1/s1. The van der Waals surface area contributed by atoms with Gasteiger partial charge in [0.15, 0.2) is 0 Å². The van der Waals surface area contributed by atoms with E-state index in [2.05, 4.69) is 24.3 Å². The summed E-state index contributed by atoms with van der Waals surface area (Å²) in [6, 6.07) is 0. The molecule has 0 aromatic carbocycles. The largest absolute Gasteiger partial charge is 0.468 e. The second-order valence-corrected chi connectivity index (χ2v) is 2.80. The van der Waals surface area contributed by atoms with Gasteiger partial charge in [-0.15, -0.1) is 0 Å². The second kappa shape index (κ2) is 5.59. The van der Waals surface area contributed by atoms with Crippen LogP contribution in [0.25, 0.3) is 0 Å². The third kappa shape index (κ3) is 3.77. The van der Waals surface area contributed by atoms with E-state index >= 15 is 0 Å². The molecular weight excluding hydrogens is 148 g/mol. The molecule has 0 aliphatic rings. The van der Waals surface area contributed by atoms with Crippen LogP contribution in [0.4, 0.5) is 0 Å². The Balaban J connectivity index is 3.41. The summed E-state index contributed by atoms with van der Waals surface area (Å²) in [5, 5.41) is -0.232. The Kier molecular flexibility index (Phi) is 5.49. The summed E-state index contributed by atoms with van der Waals surface area (Å²) in [4.78, 5) is 10.7. The average molecular weight is 162 g/mol. The molecule has 0 aromatic heterocycles. The van der Waals surface area contributed by atoms with E-state index in [-0.39, 0.29) is 11.2 Å². The van der Waals surface area contributed by atoms with E-state index in [9.17, 15) is 4.79 Å². The minimum atomic E-state index is -0.232. The monoisotopic (exact) mass is 162 g/mol. The first-order valence-corrected chi connectivity index (χ1v) is 4.00. The zero-order chi connectivity index (χ0) is 7.98. The SMILES string of the molecule is CCCC[C@@H](S)C(=O)OC. The van der Waals surface area contributed by atoms with Gasteiger partial charge in [-0.25, -0.2) is 0 Å². The molecule has 3 heteroatoms. The van der Waals surface area contributed by atoms with E-state index in [1.54, 1.807) is 0 Å². The lowest BCUT2D eigenvalue weighted by Gasteiger charge is -2.05. The Bertz CT molecular complexity index is 104. The summed E-state index contributed by atoms with van der Waals surface area (Å²) in [5.41, 5.74) is 0. The van der Waals surface area contributed by atoms with Crippen molar-refractivity contribution < 1.29 is 9.53 Å². The van der Waals surface area contributed by atoms with Crippen LogP contribution >= 0.6 is 12.6 Å². The molecule has 0 aromatic rings. The van der Waals surface area contributed by atoms with Crippen molar-refractivity contribution in [3.8, 4) is 0 Å². The molecule has 0 saturated heterocycles. The number of hydrogen-bond acceptors (Lipinski definition) is 3. The van der Waals surface area contributed by atoms with Crippen molar-refractivity contribution in [1.29, 1.82) is 0 Å². The third-order valence-electron chi connectivity index (χ3n) is 1.30. The van der Waals surface area contributed by atoms with Crippen LogP contribution in [0.5, 0.6) is 0 Å². The highest BCUT2D eigenvalue weighted by molar-refractivity contribution is 7.81. The highest BCUT2D eigenvalue weighted by atomic mass is 32.1. The number of carbonyl (C=O) groups is 1. The molecule has 0 aliphatic heterocycles. The van der Waals surface area contributed by atoms with Crippen LogP contribution in [0.15, 0.2) is 0 Å². The number of hydrogen-bond donors (Lipinski definition) is 1. The highest BCUT2D eigenvalue weighted by Gasteiger charge is 2.11. The maximum atomic E-state index is 10.7. The lowest BCUT2D eigenvalue weighted by atomic mass is 10.2. The lowest BCUT2D eigenvalue weighted by Crippen LogP contribution is -2.15. The van der Waals surface area contributed by atoms with E-state index in [4.69, 9.17) is 0 Å². The van der Waals surface area contributed by atoms with E-state index in [1.165, 1.54) is 7.11 Å².